The van der Waals surface area contributed by atoms with Crippen molar-refractivity contribution in [2.24, 2.45) is 0 Å². The Morgan fingerprint density at radius 3 is 2.42 bits per heavy atom. The van der Waals surface area contributed by atoms with Gasteiger partial charge in [0.25, 0.3) is 10.2 Å². The maximum Gasteiger partial charge on any atom is 1.00 e. The quantitative estimate of drug-likeness (QED) is 0.349. The number of imidazole rings is 1. The molecule has 0 aliphatic carbocycles. The van der Waals surface area contributed by atoms with Gasteiger partial charge >= 0.3 is 18.9 Å². The standard InChI is InChI=1S/C5H8N3O2S.Li/c1-7(2)11(9,10)8-4-3-6-5-8;/h3-4H,1-2H3;/q-1;+1. The first-order chi connectivity index (χ1) is 5.05. The molecule has 0 bridgehead atoms. The second-order valence-corrected chi connectivity index (χ2v) is 4.13. The molecule has 0 unspecified atom stereocenters. The minimum Gasteiger partial charge on any atom is -0.385 e. The zero-order chi connectivity index (χ0) is 8.48. The molecule has 0 N–H and O–H groups in total. The van der Waals surface area contributed by atoms with Crippen molar-refractivity contribution in [1.82, 2.24) is 13.3 Å². The summed E-state index contributed by atoms with van der Waals surface area (Å²) in [4.78, 5) is 3.50. The van der Waals surface area contributed by atoms with Crippen LogP contribution in [0, 0.1) is 6.33 Å². The molecule has 0 fully saturated rings. The summed E-state index contributed by atoms with van der Waals surface area (Å²) in [7, 11) is -0.506. The van der Waals surface area contributed by atoms with Crippen LogP contribution in [-0.4, -0.2) is 35.8 Å². The molecule has 0 radical (unpaired) electrons. The SMILES string of the molecule is CN(C)S(=O)(=O)n1[c-]ncc1.[Li+]. The Morgan fingerprint density at radius 1 is 1.50 bits per heavy atom. The topological polar surface area (TPSA) is 55.2 Å². The van der Waals surface area contributed by atoms with Gasteiger partial charge < -0.3 is 8.96 Å². The molecule has 0 aromatic carbocycles. The molecule has 1 heterocycles. The summed E-state index contributed by atoms with van der Waals surface area (Å²) < 4.78 is 24.4. The van der Waals surface area contributed by atoms with E-state index < -0.39 is 10.2 Å². The van der Waals surface area contributed by atoms with E-state index in [2.05, 4.69) is 11.3 Å². The first kappa shape index (κ1) is 11.7. The molecule has 0 saturated heterocycles. The molecule has 1 aromatic heterocycles. The summed E-state index contributed by atoms with van der Waals surface area (Å²) >= 11 is 0. The normalized spacial score (nSPS) is 11.2. The summed E-state index contributed by atoms with van der Waals surface area (Å²) in [6.45, 7) is 0. The minimum atomic E-state index is -3.40. The van der Waals surface area contributed by atoms with Gasteiger partial charge in [0, 0.05) is 20.4 Å². The Balaban J connectivity index is 0.00000121. The van der Waals surface area contributed by atoms with Gasteiger partial charge in [-0.3, -0.25) is 0 Å². The predicted molar refractivity (Wildman–Crippen MR) is 39.1 cm³/mol. The zero-order valence-electron chi connectivity index (χ0n) is 7.22. The van der Waals surface area contributed by atoms with Gasteiger partial charge in [0.05, 0.1) is 0 Å². The number of nitrogens with zero attached hydrogens (tertiary/aromatic N) is 3. The van der Waals surface area contributed by atoms with Crippen molar-refractivity contribution >= 4 is 10.2 Å². The van der Waals surface area contributed by atoms with Gasteiger partial charge in [-0.05, 0) is 0 Å². The number of hydrogen-bond donors (Lipinski definition) is 0. The average molecular weight is 181 g/mol. The van der Waals surface area contributed by atoms with E-state index in [-0.39, 0.29) is 18.9 Å². The van der Waals surface area contributed by atoms with Crippen molar-refractivity contribution in [1.29, 1.82) is 0 Å². The Labute approximate surface area is 83.8 Å². The fourth-order valence-electron chi connectivity index (χ4n) is 0.522. The van der Waals surface area contributed by atoms with Gasteiger partial charge in [0.1, 0.15) is 0 Å². The first-order valence-electron chi connectivity index (χ1n) is 2.89. The largest absolute Gasteiger partial charge is 1.00 e. The zero-order valence-corrected chi connectivity index (χ0v) is 8.04. The molecular formula is C5H8LiN3O2S. The van der Waals surface area contributed by atoms with E-state index >= 15 is 0 Å². The Bertz CT molecular complexity index is 318. The van der Waals surface area contributed by atoms with E-state index in [0.717, 1.165) is 8.28 Å². The second-order valence-electron chi connectivity index (χ2n) is 2.11. The van der Waals surface area contributed by atoms with E-state index in [0.29, 0.717) is 0 Å². The number of rotatable bonds is 2. The van der Waals surface area contributed by atoms with E-state index in [1.807, 2.05) is 0 Å². The van der Waals surface area contributed by atoms with E-state index in [4.69, 9.17) is 0 Å². The summed E-state index contributed by atoms with van der Waals surface area (Å²) in [5, 5.41) is 0. The van der Waals surface area contributed by atoms with E-state index in [1.165, 1.54) is 26.5 Å². The molecule has 1 aromatic rings. The monoisotopic (exact) mass is 181 g/mol. The molecule has 0 spiro atoms. The molecule has 0 amide bonds. The molecular weight excluding hydrogens is 173 g/mol. The van der Waals surface area contributed by atoms with Gasteiger partial charge in [0.15, 0.2) is 0 Å². The summed E-state index contributed by atoms with van der Waals surface area (Å²) in [5.41, 5.74) is 0. The van der Waals surface area contributed by atoms with E-state index in [9.17, 15) is 8.42 Å². The van der Waals surface area contributed by atoms with Gasteiger partial charge in [-0.25, -0.2) is 0 Å². The average Bonchev–Trinajstić information content (AvgIpc) is 2.37. The van der Waals surface area contributed by atoms with Crippen LogP contribution >= 0.6 is 0 Å². The Morgan fingerprint density at radius 2 is 2.08 bits per heavy atom. The fourth-order valence-corrected chi connectivity index (χ4v) is 1.23. The number of aromatic nitrogens is 2. The molecule has 62 valence electrons. The van der Waals surface area contributed by atoms with Crippen molar-refractivity contribution in [3.8, 4) is 0 Å². The second kappa shape index (κ2) is 4.10. The van der Waals surface area contributed by atoms with Crippen LogP contribution in [0.2, 0.25) is 0 Å². The van der Waals surface area contributed by atoms with Gasteiger partial charge in [-0.1, -0.05) is 0 Å². The minimum absolute atomic E-state index is 0. The third-order valence-corrected chi connectivity index (χ3v) is 2.77. The summed E-state index contributed by atoms with van der Waals surface area (Å²) in [5.74, 6) is 0. The third-order valence-electron chi connectivity index (χ3n) is 1.14. The van der Waals surface area contributed by atoms with Crippen LogP contribution in [0.3, 0.4) is 0 Å². The maximum atomic E-state index is 11.2. The van der Waals surface area contributed by atoms with Crippen LogP contribution in [0.25, 0.3) is 0 Å². The maximum absolute atomic E-state index is 11.2. The Kier molecular flexibility index (Phi) is 4.00. The molecule has 7 heteroatoms. The fraction of sp³-hybridized carbons (Fsp3) is 0.400. The summed E-state index contributed by atoms with van der Waals surface area (Å²) in [6, 6.07) is 0. The molecule has 0 saturated carbocycles. The van der Waals surface area contributed by atoms with Gasteiger partial charge in [-0.2, -0.15) is 12.7 Å². The van der Waals surface area contributed by atoms with Crippen molar-refractivity contribution in [2.45, 2.75) is 0 Å². The molecule has 12 heavy (non-hydrogen) atoms. The van der Waals surface area contributed by atoms with Crippen LogP contribution in [0.4, 0.5) is 0 Å². The van der Waals surface area contributed by atoms with Gasteiger partial charge in [0.2, 0.25) is 0 Å². The smallest absolute Gasteiger partial charge is 0.385 e. The number of hydrogen-bond acceptors (Lipinski definition) is 3. The van der Waals surface area contributed by atoms with Crippen LogP contribution in [-0.2, 0) is 10.2 Å². The molecule has 1 rings (SSSR count). The molecule has 0 aliphatic rings. The van der Waals surface area contributed by atoms with E-state index in [1.54, 1.807) is 0 Å². The molecule has 0 atom stereocenters. The summed E-state index contributed by atoms with van der Waals surface area (Å²) in [6.07, 6.45) is 4.99. The van der Waals surface area contributed by atoms with Crippen molar-refractivity contribution < 1.29 is 27.3 Å². The van der Waals surface area contributed by atoms with Gasteiger partial charge in [-0.15, -0.1) is 12.4 Å². The Hall–Kier alpha value is -0.283. The molecule has 0 aliphatic heterocycles. The van der Waals surface area contributed by atoms with Crippen LogP contribution in [0.5, 0.6) is 0 Å². The third kappa shape index (κ3) is 2.11. The van der Waals surface area contributed by atoms with Crippen LogP contribution in [0.15, 0.2) is 12.4 Å². The molecule has 5 nitrogen and oxygen atoms in total. The van der Waals surface area contributed by atoms with Crippen molar-refractivity contribution in [2.75, 3.05) is 14.1 Å². The predicted octanol–water partition coefficient (Wildman–Crippen LogP) is -3.66. The van der Waals surface area contributed by atoms with Crippen LogP contribution in [0.1, 0.15) is 0 Å². The first-order valence-corrected chi connectivity index (χ1v) is 4.29. The van der Waals surface area contributed by atoms with Crippen LogP contribution < -0.4 is 18.9 Å². The van der Waals surface area contributed by atoms with Crippen molar-refractivity contribution in [3.05, 3.63) is 18.7 Å². The van der Waals surface area contributed by atoms with Crippen molar-refractivity contribution in [3.63, 3.8) is 0 Å².